The van der Waals surface area contributed by atoms with Crippen molar-refractivity contribution in [3.05, 3.63) is 64.7 Å². The van der Waals surface area contributed by atoms with E-state index in [2.05, 4.69) is 15.8 Å². The third kappa shape index (κ3) is 7.11. The Morgan fingerprint density at radius 1 is 1.15 bits per heavy atom. The molecule has 0 aliphatic heterocycles. The Morgan fingerprint density at radius 2 is 1.93 bits per heavy atom. The number of rotatable bonds is 7. The van der Waals surface area contributed by atoms with Crippen LogP contribution >= 0.6 is 11.6 Å². The van der Waals surface area contributed by atoms with Crippen LogP contribution < -0.4 is 15.5 Å². The van der Waals surface area contributed by atoms with Gasteiger partial charge >= 0.3 is 11.8 Å². The largest absolute Gasteiger partial charge is 0.489 e. The molecule has 0 fully saturated rings. The maximum Gasteiger partial charge on any atom is 0.329 e. The minimum atomic E-state index is -0.807. The highest BCUT2D eigenvalue weighted by Crippen LogP contribution is 2.19. The first kappa shape index (κ1) is 20.5. The average Bonchev–Trinajstić information content (AvgIpc) is 2.65. The molecule has 0 radical (unpaired) electrons. The topological polar surface area (TPSA) is 79.8 Å². The summed E-state index contributed by atoms with van der Waals surface area (Å²) >= 11 is 6.11. The highest BCUT2D eigenvalue weighted by atomic mass is 35.5. The van der Waals surface area contributed by atoms with Crippen LogP contribution in [0.1, 0.15) is 25.0 Å². The second kappa shape index (κ2) is 10.3. The van der Waals surface area contributed by atoms with Crippen molar-refractivity contribution in [3.8, 4) is 5.75 Å². The standard InChI is InChI=1S/C20H22ClN3O3/c1-14(2)11-22-19(25)20(26)24-23-12-15-6-5-8-17(10-15)27-13-16-7-3-4-9-18(16)21/h3-10,12,14H,11,13H2,1-2H3,(H,22,25)(H,24,26)/b23-12-. The summed E-state index contributed by atoms with van der Waals surface area (Å²) in [4.78, 5) is 23.2. The fourth-order valence-corrected chi connectivity index (χ4v) is 2.24. The predicted octanol–water partition coefficient (Wildman–Crippen LogP) is 3.14. The van der Waals surface area contributed by atoms with E-state index in [1.165, 1.54) is 6.21 Å². The number of nitrogens with one attached hydrogen (secondary N) is 2. The molecule has 0 saturated carbocycles. The van der Waals surface area contributed by atoms with Crippen molar-refractivity contribution < 1.29 is 14.3 Å². The number of nitrogens with zero attached hydrogens (tertiary/aromatic N) is 1. The van der Waals surface area contributed by atoms with Gasteiger partial charge in [-0.25, -0.2) is 5.43 Å². The molecule has 2 aromatic rings. The first-order valence-electron chi connectivity index (χ1n) is 8.53. The number of carbonyl (C=O) groups excluding carboxylic acids is 2. The summed E-state index contributed by atoms with van der Waals surface area (Å²) in [5.41, 5.74) is 3.80. The van der Waals surface area contributed by atoms with E-state index in [1.54, 1.807) is 18.2 Å². The smallest absolute Gasteiger partial charge is 0.329 e. The predicted molar refractivity (Wildman–Crippen MR) is 106 cm³/mol. The van der Waals surface area contributed by atoms with Crippen LogP contribution in [-0.2, 0) is 16.2 Å². The Kier molecular flexibility index (Phi) is 7.82. The minimum absolute atomic E-state index is 0.263. The van der Waals surface area contributed by atoms with Gasteiger partial charge in [-0.15, -0.1) is 0 Å². The lowest BCUT2D eigenvalue weighted by atomic mass is 10.2. The third-order valence-corrected chi connectivity index (χ3v) is 3.84. The van der Waals surface area contributed by atoms with Crippen LogP contribution in [0.5, 0.6) is 5.75 Å². The number of benzene rings is 2. The maximum absolute atomic E-state index is 11.6. The molecule has 0 aromatic heterocycles. The van der Waals surface area contributed by atoms with Gasteiger partial charge in [0, 0.05) is 17.1 Å². The number of hydrogen-bond acceptors (Lipinski definition) is 4. The van der Waals surface area contributed by atoms with Gasteiger partial charge in [0.05, 0.1) is 6.21 Å². The lowest BCUT2D eigenvalue weighted by Gasteiger charge is -2.08. The van der Waals surface area contributed by atoms with Crippen LogP contribution in [-0.4, -0.2) is 24.6 Å². The summed E-state index contributed by atoms with van der Waals surface area (Å²) < 4.78 is 5.74. The molecule has 0 heterocycles. The fourth-order valence-electron chi connectivity index (χ4n) is 2.05. The van der Waals surface area contributed by atoms with Gasteiger partial charge < -0.3 is 10.1 Å². The fraction of sp³-hybridized carbons (Fsp3) is 0.250. The van der Waals surface area contributed by atoms with Gasteiger partial charge in [0.1, 0.15) is 12.4 Å². The van der Waals surface area contributed by atoms with Crippen molar-refractivity contribution in [2.45, 2.75) is 20.5 Å². The lowest BCUT2D eigenvalue weighted by molar-refractivity contribution is -0.139. The Hall–Kier alpha value is -2.86. The molecular formula is C20H22ClN3O3. The van der Waals surface area contributed by atoms with Crippen LogP contribution in [0.3, 0.4) is 0 Å². The van der Waals surface area contributed by atoms with Gasteiger partial charge in [0.2, 0.25) is 0 Å². The van der Waals surface area contributed by atoms with Gasteiger partial charge in [0.15, 0.2) is 0 Å². The molecule has 2 amide bonds. The Bertz CT molecular complexity index is 822. The summed E-state index contributed by atoms with van der Waals surface area (Å²) in [6, 6.07) is 14.7. The van der Waals surface area contributed by atoms with Gasteiger partial charge in [-0.05, 0) is 29.7 Å². The molecule has 2 aromatic carbocycles. The number of hydrogen-bond donors (Lipinski definition) is 2. The van der Waals surface area contributed by atoms with Gasteiger partial charge in [-0.1, -0.05) is 55.8 Å². The summed E-state index contributed by atoms with van der Waals surface area (Å²) in [6.07, 6.45) is 1.44. The van der Waals surface area contributed by atoms with E-state index >= 15 is 0 Å². The Morgan fingerprint density at radius 3 is 2.67 bits per heavy atom. The summed E-state index contributed by atoms with van der Waals surface area (Å²) in [7, 11) is 0. The molecule has 0 saturated heterocycles. The Labute approximate surface area is 163 Å². The van der Waals surface area contributed by atoms with E-state index in [0.717, 1.165) is 11.1 Å². The zero-order valence-electron chi connectivity index (χ0n) is 15.2. The summed E-state index contributed by atoms with van der Waals surface area (Å²) in [5, 5.41) is 6.97. The quantitative estimate of drug-likeness (QED) is 0.435. The van der Waals surface area contributed by atoms with Crippen molar-refractivity contribution in [2.75, 3.05) is 6.54 Å². The van der Waals surface area contributed by atoms with Crippen LogP contribution in [0.4, 0.5) is 0 Å². The van der Waals surface area contributed by atoms with Crippen molar-refractivity contribution >= 4 is 29.6 Å². The van der Waals surface area contributed by atoms with Crippen molar-refractivity contribution in [2.24, 2.45) is 11.0 Å². The second-order valence-electron chi connectivity index (χ2n) is 6.26. The normalized spacial score (nSPS) is 10.8. The second-order valence-corrected chi connectivity index (χ2v) is 6.66. The Balaban J connectivity index is 1.87. The zero-order valence-corrected chi connectivity index (χ0v) is 16.0. The van der Waals surface area contributed by atoms with E-state index < -0.39 is 11.8 Å². The molecule has 0 atom stereocenters. The van der Waals surface area contributed by atoms with Crippen LogP contribution in [0, 0.1) is 5.92 Å². The molecule has 7 heteroatoms. The van der Waals surface area contributed by atoms with E-state index in [-0.39, 0.29) is 5.92 Å². The zero-order chi connectivity index (χ0) is 19.6. The molecule has 2 N–H and O–H groups in total. The highest BCUT2D eigenvalue weighted by molar-refractivity contribution is 6.35. The van der Waals surface area contributed by atoms with Crippen LogP contribution in [0.25, 0.3) is 0 Å². The minimum Gasteiger partial charge on any atom is -0.489 e. The number of carbonyl (C=O) groups is 2. The molecule has 0 bridgehead atoms. The maximum atomic E-state index is 11.6. The van der Waals surface area contributed by atoms with E-state index in [4.69, 9.17) is 16.3 Å². The molecule has 142 valence electrons. The van der Waals surface area contributed by atoms with Gasteiger partial charge in [-0.3, -0.25) is 9.59 Å². The van der Waals surface area contributed by atoms with Crippen LogP contribution in [0.2, 0.25) is 5.02 Å². The molecule has 0 aliphatic carbocycles. The highest BCUT2D eigenvalue weighted by Gasteiger charge is 2.12. The van der Waals surface area contributed by atoms with E-state index in [0.29, 0.717) is 23.9 Å². The van der Waals surface area contributed by atoms with Crippen LogP contribution in [0.15, 0.2) is 53.6 Å². The van der Waals surface area contributed by atoms with Crippen molar-refractivity contribution in [1.82, 2.24) is 10.7 Å². The summed E-state index contributed by atoms with van der Waals surface area (Å²) in [5.74, 6) is -0.616. The lowest BCUT2D eigenvalue weighted by Crippen LogP contribution is -2.39. The number of ether oxygens (including phenoxy) is 1. The first-order valence-corrected chi connectivity index (χ1v) is 8.91. The molecule has 0 unspecified atom stereocenters. The molecule has 0 spiro atoms. The molecular weight excluding hydrogens is 366 g/mol. The number of hydrazone groups is 1. The van der Waals surface area contributed by atoms with Crippen molar-refractivity contribution in [1.29, 1.82) is 0 Å². The van der Waals surface area contributed by atoms with Crippen molar-refractivity contribution in [3.63, 3.8) is 0 Å². The van der Waals surface area contributed by atoms with Gasteiger partial charge in [-0.2, -0.15) is 5.10 Å². The molecule has 6 nitrogen and oxygen atoms in total. The SMILES string of the molecule is CC(C)CNC(=O)C(=O)N/N=C\c1cccc(OCc2ccccc2Cl)c1. The number of amides is 2. The molecule has 2 rings (SSSR count). The third-order valence-electron chi connectivity index (χ3n) is 3.47. The van der Waals surface area contributed by atoms with Gasteiger partial charge in [0.25, 0.3) is 0 Å². The molecule has 0 aliphatic rings. The monoisotopic (exact) mass is 387 g/mol. The number of halogens is 1. The summed E-state index contributed by atoms with van der Waals surface area (Å²) in [6.45, 7) is 4.65. The average molecular weight is 388 g/mol. The van der Waals surface area contributed by atoms with E-state index in [9.17, 15) is 9.59 Å². The first-order chi connectivity index (χ1) is 13.0. The van der Waals surface area contributed by atoms with E-state index in [1.807, 2.05) is 44.2 Å². The molecule has 27 heavy (non-hydrogen) atoms.